The van der Waals surface area contributed by atoms with Crippen LogP contribution in [-0.4, -0.2) is 23.4 Å². The molecule has 0 saturated heterocycles. The van der Waals surface area contributed by atoms with Crippen molar-refractivity contribution < 1.29 is 9.26 Å². The largest absolute Gasteiger partial charge is 0.381 e. The van der Waals surface area contributed by atoms with Gasteiger partial charge in [0.05, 0.1) is 12.1 Å². The van der Waals surface area contributed by atoms with E-state index in [0.717, 1.165) is 31.6 Å². The van der Waals surface area contributed by atoms with Crippen molar-refractivity contribution in [3.05, 3.63) is 11.7 Å². The fourth-order valence-corrected chi connectivity index (χ4v) is 2.36. The predicted molar refractivity (Wildman–Crippen MR) is 68.0 cm³/mol. The molecule has 5 nitrogen and oxygen atoms in total. The summed E-state index contributed by atoms with van der Waals surface area (Å²) in [6, 6.07) is 0. The molecule has 1 fully saturated rings. The summed E-state index contributed by atoms with van der Waals surface area (Å²) >= 11 is 0. The van der Waals surface area contributed by atoms with Gasteiger partial charge in [-0.15, -0.1) is 0 Å². The predicted octanol–water partition coefficient (Wildman–Crippen LogP) is 2.01. The molecule has 0 amide bonds. The summed E-state index contributed by atoms with van der Waals surface area (Å²) in [5.41, 5.74) is 5.97. The molecule has 0 atom stereocenters. The van der Waals surface area contributed by atoms with Crippen LogP contribution in [0.3, 0.4) is 0 Å². The van der Waals surface area contributed by atoms with E-state index in [1.165, 1.54) is 0 Å². The summed E-state index contributed by atoms with van der Waals surface area (Å²) in [7, 11) is 0. The van der Waals surface area contributed by atoms with Gasteiger partial charge >= 0.3 is 0 Å². The molecule has 1 aromatic heterocycles. The molecule has 1 aliphatic rings. The Morgan fingerprint density at radius 2 is 2.17 bits per heavy atom. The number of rotatable bonds is 5. The monoisotopic (exact) mass is 253 g/mol. The molecule has 0 radical (unpaired) electrons. The van der Waals surface area contributed by atoms with E-state index in [-0.39, 0.29) is 0 Å². The van der Waals surface area contributed by atoms with E-state index < -0.39 is 5.54 Å². The first-order valence-corrected chi connectivity index (χ1v) is 6.84. The lowest BCUT2D eigenvalue weighted by Crippen LogP contribution is -2.40. The molecule has 5 heteroatoms. The normalized spacial score (nSPS) is 28.5. The van der Waals surface area contributed by atoms with Gasteiger partial charge in [0.25, 0.3) is 0 Å². The Morgan fingerprint density at radius 1 is 1.44 bits per heavy atom. The van der Waals surface area contributed by atoms with Crippen molar-refractivity contribution in [3.63, 3.8) is 0 Å². The van der Waals surface area contributed by atoms with Gasteiger partial charge in [-0.3, -0.25) is 0 Å². The van der Waals surface area contributed by atoms with Crippen molar-refractivity contribution in [1.82, 2.24) is 10.1 Å². The number of ether oxygens (including phenoxy) is 1. The van der Waals surface area contributed by atoms with Crippen LogP contribution < -0.4 is 5.73 Å². The number of nitrogens with zero attached hydrogens (tertiary/aromatic N) is 2. The van der Waals surface area contributed by atoms with Crippen LogP contribution in [0.25, 0.3) is 0 Å². The number of nitrogens with two attached hydrogens (primary N) is 1. The Hall–Kier alpha value is -0.940. The smallest absolute Gasteiger partial charge is 0.246 e. The van der Waals surface area contributed by atoms with Crippen LogP contribution in [0.5, 0.6) is 0 Å². The molecule has 1 aliphatic carbocycles. The van der Waals surface area contributed by atoms with Crippen LogP contribution in [0.1, 0.15) is 51.2 Å². The van der Waals surface area contributed by atoms with E-state index in [1.54, 1.807) is 0 Å². The first-order valence-electron chi connectivity index (χ1n) is 6.84. The molecule has 18 heavy (non-hydrogen) atoms. The Bertz CT molecular complexity index is 370. The lowest BCUT2D eigenvalue weighted by molar-refractivity contribution is 0.149. The van der Waals surface area contributed by atoms with Gasteiger partial charge in [0.1, 0.15) is 0 Å². The zero-order valence-corrected chi connectivity index (χ0v) is 11.3. The lowest BCUT2D eigenvalue weighted by atomic mass is 9.78. The van der Waals surface area contributed by atoms with Gasteiger partial charge in [0.15, 0.2) is 5.82 Å². The Balaban J connectivity index is 1.96. The molecule has 0 unspecified atom stereocenters. The molecule has 1 heterocycles. The number of aromatic nitrogens is 2. The highest BCUT2D eigenvalue weighted by Gasteiger charge is 2.36. The molecule has 0 aliphatic heterocycles. The highest BCUT2D eigenvalue weighted by molar-refractivity contribution is 5.04. The second-order valence-electron chi connectivity index (χ2n) is 5.30. The van der Waals surface area contributed by atoms with Crippen LogP contribution in [-0.2, 0) is 16.7 Å². The quantitative estimate of drug-likeness (QED) is 0.812. The summed E-state index contributed by atoms with van der Waals surface area (Å²) in [6.45, 7) is 5.58. The van der Waals surface area contributed by atoms with Crippen molar-refractivity contribution in [2.75, 3.05) is 13.2 Å². The average Bonchev–Trinajstić information content (AvgIpc) is 2.83. The Morgan fingerprint density at radius 3 is 2.83 bits per heavy atom. The molecule has 0 spiro atoms. The van der Waals surface area contributed by atoms with Crippen LogP contribution >= 0.6 is 0 Å². The Kier molecular flexibility index (Phi) is 4.35. The minimum atomic E-state index is -0.413. The SMILES string of the molecule is CCOCCc1noc(C2(N)CCC(C)CC2)n1. The summed E-state index contributed by atoms with van der Waals surface area (Å²) in [5, 5.41) is 3.98. The highest BCUT2D eigenvalue weighted by Crippen LogP contribution is 2.36. The molecular formula is C13H23N3O2. The zero-order valence-electron chi connectivity index (χ0n) is 11.3. The third-order valence-corrected chi connectivity index (χ3v) is 3.73. The third-order valence-electron chi connectivity index (χ3n) is 3.73. The van der Waals surface area contributed by atoms with Crippen molar-refractivity contribution >= 4 is 0 Å². The number of hydrogen-bond acceptors (Lipinski definition) is 5. The molecule has 0 bridgehead atoms. The van der Waals surface area contributed by atoms with Gasteiger partial charge in [0, 0.05) is 13.0 Å². The van der Waals surface area contributed by atoms with Crippen LogP contribution in [0.2, 0.25) is 0 Å². The lowest BCUT2D eigenvalue weighted by Gasteiger charge is -2.32. The maximum Gasteiger partial charge on any atom is 0.246 e. The standard InChI is InChI=1S/C13H23N3O2/c1-3-17-9-6-11-15-12(18-16-11)13(14)7-4-10(2)5-8-13/h10H,3-9,14H2,1-2H3. The molecule has 2 N–H and O–H groups in total. The molecule has 102 valence electrons. The summed E-state index contributed by atoms with van der Waals surface area (Å²) in [6.07, 6.45) is 4.81. The van der Waals surface area contributed by atoms with E-state index >= 15 is 0 Å². The minimum Gasteiger partial charge on any atom is -0.381 e. The molecule has 2 rings (SSSR count). The van der Waals surface area contributed by atoms with E-state index in [9.17, 15) is 0 Å². The van der Waals surface area contributed by atoms with Crippen LogP contribution in [0.4, 0.5) is 0 Å². The van der Waals surface area contributed by atoms with Crippen molar-refractivity contribution in [1.29, 1.82) is 0 Å². The molecule has 1 aromatic rings. The summed E-state index contributed by atoms with van der Waals surface area (Å²) in [5.74, 6) is 2.05. The molecule has 0 aromatic carbocycles. The van der Waals surface area contributed by atoms with E-state index in [1.807, 2.05) is 6.92 Å². The maximum absolute atomic E-state index is 6.38. The van der Waals surface area contributed by atoms with Gasteiger partial charge in [-0.2, -0.15) is 4.98 Å². The fraction of sp³-hybridized carbons (Fsp3) is 0.846. The second kappa shape index (κ2) is 5.80. The van der Waals surface area contributed by atoms with Crippen LogP contribution in [0.15, 0.2) is 4.52 Å². The van der Waals surface area contributed by atoms with Crippen molar-refractivity contribution in [2.24, 2.45) is 11.7 Å². The van der Waals surface area contributed by atoms with E-state index in [0.29, 0.717) is 31.3 Å². The minimum absolute atomic E-state index is 0.413. The van der Waals surface area contributed by atoms with Crippen molar-refractivity contribution in [2.45, 2.75) is 51.5 Å². The third kappa shape index (κ3) is 3.09. The molecule has 1 saturated carbocycles. The first kappa shape index (κ1) is 13.5. The van der Waals surface area contributed by atoms with Crippen molar-refractivity contribution in [3.8, 4) is 0 Å². The van der Waals surface area contributed by atoms with Crippen LogP contribution in [0, 0.1) is 5.92 Å². The van der Waals surface area contributed by atoms with Gasteiger partial charge < -0.3 is 15.0 Å². The van der Waals surface area contributed by atoms with E-state index in [2.05, 4.69) is 17.1 Å². The van der Waals surface area contributed by atoms with Gasteiger partial charge in [-0.05, 0) is 38.5 Å². The fourth-order valence-electron chi connectivity index (χ4n) is 2.36. The molecular weight excluding hydrogens is 230 g/mol. The zero-order chi connectivity index (χ0) is 13.0. The first-order chi connectivity index (χ1) is 8.64. The van der Waals surface area contributed by atoms with Gasteiger partial charge in [-0.25, -0.2) is 0 Å². The van der Waals surface area contributed by atoms with Gasteiger partial charge in [-0.1, -0.05) is 12.1 Å². The topological polar surface area (TPSA) is 74.2 Å². The highest BCUT2D eigenvalue weighted by atomic mass is 16.5. The van der Waals surface area contributed by atoms with E-state index in [4.69, 9.17) is 15.0 Å². The Labute approximate surface area is 108 Å². The maximum atomic E-state index is 6.38. The second-order valence-corrected chi connectivity index (χ2v) is 5.30. The number of hydrogen-bond donors (Lipinski definition) is 1. The summed E-state index contributed by atoms with van der Waals surface area (Å²) in [4.78, 5) is 4.42. The summed E-state index contributed by atoms with van der Waals surface area (Å²) < 4.78 is 10.6. The van der Waals surface area contributed by atoms with Gasteiger partial charge in [0.2, 0.25) is 5.89 Å². The average molecular weight is 253 g/mol.